The highest BCUT2D eigenvalue weighted by molar-refractivity contribution is 7.99. The molecule has 0 saturated heterocycles. The molecule has 1 aromatic rings. The summed E-state index contributed by atoms with van der Waals surface area (Å²) in [4.78, 5) is 0. The highest BCUT2D eigenvalue weighted by atomic mass is 32.2. The largest absolute Gasteiger partial charge is 0.397 e. The van der Waals surface area contributed by atoms with Crippen LogP contribution in [0.5, 0.6) is 0 Å². The highest BCUT2D eigenvalue weighted by Crippen LogP contribution is 2.30. The van der Waals surface area contributed by atoms with Gasteiger partial charge in [-0.25, -0.2) is 0 Å². The second-order valence-electron chi connectivity index (χ2n) is 4.90. The van der Waals surface area contributed by atoms with Crippen LogP contribution in [0.2, 0.25) is 0 Å². The lowest BCUT2D eigenvalue weighted by Crippen LogP contribution is -2.28. The lowest BCUT2D eigenvalue weighted by atomic mass is 9.94. The minimum Gasteiger partial charge on any atom is -0.397 e. The van der Waals surface area contributed by atoms with Gasteiger partial charge < -0.3 is 11.1 Å². The zero-order valence-electron chi connectivity index (χ0n) is 10.7. The molecule has 1 aliphatic rings. The predicted octanol–water partition coefficient (Wildman–Crippen LogP) is 3.66. The molecule has 0 radical (unpaired) electrons. The van der Waals surface area contributed by atoms with Crippen molar-refractivity contribution in [2.75, 3.05) is 17.3 Å². The van der Waals surface area contributed by atoms with Crippen molar-refractivity contribution in [3.05, 3.63) is 23.8 Å². The topological polar surface area (TPSA) is 38.0 Å². The van der Waals surface area contributed by atoms with Gasteiger partial charge in [0, 0.05) is 11.3 Å². The summed E-state index contributed by atoms with van der Waals surface area (Å²) in [6.07, 6.45) is 7.44. The SMILES string of the molecule is CSC1CCCC(Nc2cccc(C)c2N)C1. The number of nitrogen functional groups attached to an aromatic ring is 1. The molecule has 2 rings (SSSR count). The summed E-state index contributed by atoms with van der Waals surface area (Å²) in [5.41, 5.74) is 9.27. The van der Waals surface area contributed by atoms with Gasteiger partial charge in [-0.15, -0.1) is 0 Å². The fraction of sp³-hybridized carbons (Fsp3) is 0.571. The fourth-order valence-corrected chi connectivity index (χ4v) is 3.34. The van der Waals surface area contributed by atoms with Gasteiger partial charge >= 0.3 is 0 Å². The summed E-state index contributed by atoms with van der Waals surface area (Å²) in [5, 5.41) is 4.43. The van der Waals surface area contributed by atoms with E-state index in [1.54, 1.807) is 0 Å². The fourth-order valence-electron chi connectivity index (χ4n) is 2.52. The summed E-state index contributed by atoms with van der Waals surface area (Å²) < 4.78 is 0. The predicted molar refractivity (Wildman–Crippen MR) is 78.8 cm³/mol. The molecule has 1 saturated carbocycles. The Kier molecular flexibility index (Phi) is 4.21. The Hall–Kier alpha value is -0.830. The quantitative estimate of drug-likeness (QED) is 0.804. The van der Waals surface area contributed by atoms with Crippen molar-refractivity contribution in [1.82, 2.24) is 0 Å². The standard InChI is InChI=1S/C14H22N2S/c1-10-5-3-8-13(14(10)15)16-11-6-4-7-12(9-11)17-2/h3,5,8,11-12,16H,4,6-7,9,15H2,1-2H3. The number of benzene rings is 1. The summed E-state index contributed by atoms with van der Waals surface area (Å²) in [7, 11) is 0. The van der Waals surface area contributed by atoms with Crippen LogP contribution in [-0.2, 0) is 0 Å². The molecule has 0 aromatic heterocycles. The number of rotatable bonds is 3. The zero-order chi connectivity index (χ0) is 12.3. The molecule has 2 nitrogen and oxygen atoms in total. The minimum atomic E-state index is 0.588. The van der Waals surface area contributed by atoms with Crippen molar-refractivity contribution < 1.29 is 0 Å². The third-order valence-corrected chi connectivity index (χ3v) is 4.74. The van der Waals surface area contributed by atoms with Crippen LogP contribution in [0.25, 0.3) is 0 Å². The average molecular weight is 250 g/mol. The Morgan fingerprint density at radius 2 is 2.18 bits per heavy atom. The number of thioether (sulfide) groups is 1. The van der Waals surface area contributed by atoms with E-state index in [2.05, 4.69) is 36.7 Å². The van der Waals surface area contributed by atoms with Crippen LogP contribution >= 0.6 is 11.8 Å². The van der Waals surface area contributed by atoms with Crippen LogP contribution < -0.4 is 11.1 Å². The molecule has 0 amide bonds. The first-order valence-corrected chi connectivity index (χ1v) is 7.64. The minimum absolute atomic E-state index is 0.588. The maximum absolute atomic E-state index is 6.10. The third kappa shape index (κ3) is 3.09. The number of para-hydroxylation sites is 1. The van der Waals surface area contributed by atoms with Gasteiger partial charge in [0.05, 0.1) is 11.4 Å². The molecule has 17 heavy (non-hydrogen) atoms. The summed E-state index contributed by atoms with van der Waals surface area (Å²) >= 11 is 2.00. The Balaban J connectivity index is 2.02. The second kappa shape index (κ2) is 5.67. The third-order valence-electron chi connectivity index (χ3n) is 3.64. The Labute approximate surface area is 108 Å². The number of aryl methyl sites for hydroxylation is 1. The second-order valence-corrected chi connectivity index (χ2v) is 6.04. The number of nitrogens with one attached hydrogen (secondary N) is 1. The van der Waals surface area contributed by atoms with Gasteiger partial charge in [0.2, 0.25) is 0 Å². The van der Waals surface area contributed by atoms with Crippen molar-refractivity contribution in [3.63, 3.8) is 0 Å². The van der Waals surface area contributed by atoms with E-state index in [0.29, 0.717) is 6.04 Å². The lowest BCUT2D eigenvalue weighted by molar-refractivity contribution is 0.474. The van der Waals surface area contributed by atoms with Crippen LogP contribution in [0.1, 0.15) is 31.2 Å². The normalized spacial score (nSPS) is 24.6. The molecule has 1 aromatic carbocycles. The first-order valence-electron chi connectivity index (χ1n) is 6.35. The molecule has 3 N–H and O–H groups in total. The van der Waals surface area contributed by atoms with E-state index in [-0.39, 0.29) is 0 Å². The smallest absolute Gasteiger partial charge is 0.0579 e. The Morgan fingerprint density at radius 3 is 2.94 bits per heavy atom. The van der Waals surface area contributed by atoms with Crippen LogP contribution in [0.3, 0.4) is 0 Å². The molecule has 0 heterocycles. The maximum atomic E-state index is 6.10. The summed E-state index contributed by atoms with van der Waals surface area (Å²) in [6, 6.07) is 6.81. The van der Waals surface area contributed by atoms with Gasteiger partial charge in [-0.1, -0.05) is 18.6 Å². The first-order chi connectivity index (χ1) is 8.20. The van der Waals surface area contributed by atoms with Gasteiger partial charge in [-0.3, -0.25) is 0 Å². The van der Waals surface area contributed by atoms with E-state index in [9.17, 15) is 0 Å². The van der Waals surface area contributed by atoms with Crippen molar-refractivity contribution >= 4 is 23.1 Å². The van der Waals surface area contributed by atoms with Crippen LogP contribution in [-0.4, -0.2) is 17.5 Å². The van der Waals surface area contributed by atoms with Crippen molar-refractivity contribution in [1.29, 1.82) is 0 Å². The lowest BCUT2D eigenvalue weighted by Gasteiger charge is -2.30. The van der Waals surface area contributed by atoms with Crippen LogP contribution in [0.15, 0.2) is 18.2 Å². The zero-order valence-corrected chi connectivity index (χ0v) is 11.5. The first kappa shape index (κ1) is 12.6. The van der Waals surface area contributed by atoms with E-state index in [4.69, 9.17) is 5.73 Å². The molecule has 3 heteroatoms. The maximum Gasteiger partial charge on any atom is 0.0579 e. The van der Waals surface area contributed by atoms with Crippen molar-refractivity contribution in [3.8, 4) is 0 Å². The van der Waals surface area contributed by atoms with Gasteiger partial charge in [0.1, 0.15) is 0 Å². The number of anilines is 2. The molecule has 0 bridgehead atoms. The molecule has 1 aliphatic carbocycles. The van der Waals surface area contributed by atoms with Gasteiger partial charge in [-0.2, -0.15) is 11.8 Å². The average Bonchev–Trinajstić information content (AvgIpc) is 2.35. The van der Waals surface area contributed by atoms with E-state index in [0.717, 1.165) is 22.2 Å². The number of nitrogens with two attached hydrogens (primary N) is 1. The van der Waals surface area contributed by atoms with Gasteiger partial charge in [0.15, 0.2) is 0 Å². The Bertz CT molecular complexity index is 378. The molecule has 2 unspecified atom stereocenters. The van der Waals surface area contributed by atoms with E-state index in [1.165, 1.54) is 25.7 Å². The summed E-state index contributed by atoms with van der Waals surface area (Å²) in [6.45, 7) is 2.06. The van der Waals surface area contributed by atoms with E-state index in [1.807, 2.05) is 11.8 Å². The summed E-state index contributed by atoms with van der Waals surface area (Å²) in [5.74, 6) is 0. The molecule has 94 valence electrons. The van der Waals surface area contributed by atoms with Crippen LogP contribution in [0, 0.1) is 6.92 Å². The Morgan fingerprint density at radius 1 is 1.35 bits per heavy atom. The monoisotopic (exact) mass is 250 g/mol. The number of hydrogen-bond acceptors (Lipinski definition) is 3. The molecule has 1 fully saturated rings. The van der Waals surface area contributed by atoms with Gasteiger partial charge in [0.25, 0.3) is 0 Å². The van der Waals surface area contributed by atoms with Gasteiger partial charge in [-0.05, 0) is 44.1 Å². The number of hydrogen-bond donors (Lipinski definition) is 2. The molecule has 2 atom stereocenters. The molecule has 0 aliphatic heterocycles. The van der Waals surface area contributed by atoms with E-state index >= 15 is 0 Å². The molecular formula is C14H22N2S. The van der Waals surface area contributed by atoms with Crippen molar-refractivity contribution in [2.24, 2.45) is 0 Å². The molecular weight excluding hydrogens is 228 g/mol. The van der Waals surface area contributed by atoms with Crippen LogP contribution in [0.4, 0.5) is 11.4 Å². The highest BCUT2D eigenvalue weighted by Gasteiger charge is 2.21. The van der Waals surface area contributed by atoms with E-state index < -0.39 is 0 Å². The van der Waals surface area contributed by atoms with Crippen molar-refractivity contribution in [2.45, 2.75) is 43.9 Å². The molecule has 0 spiro atoms.